The quantitative estimate of drug-likeness (QED) is 0.400. The minimum absolute atomic E-state index is 0.326. The van der Waals surface area contributed by atoms with Crippen molar-refractivity contribution in [1.29, 1.82) is 0 Å². The monoisotopic (exact) mass is 466 g/mol. The predicted molar refractivity (Wildman–Crippen MR) is 134 cm³/mol. The third-order valence-electron chi connectivity index (χ3n) is 5.41. The lowest BCUT2D eigenvalue weighted by Gasteiger charge is -2.21. The van der Waals surface area contributed by atoms with Crippen LogP contribution in [-0.2, 0) is 14.8 Å². The minimum atomic E-state index is -3.65. The third kappa shape index (κ3) is 5.90. The summed E-state index contributed by atoms with van der Waals surface area (Å²) in [7, 11) is -3.65. The Morgan fingerprint density at radius 2 is 1.73 bits per heavy atom. The number of amides is 1. The fraction of sp³-hybridized carbons (Fsp3) is 0.280. The maximum atomic E-state index is 12.5. The van der Waals surface area contributed by atoms with Gasteiger partial charge in [-0.3, -0.25) is 9.10 Å². The average molecular weight is 467 g/mol. The number of nitrogens with zero attached hydrogens (tertiary/aromatic N) is 3. The largest absolute Gasteiger partial charge is 0.318 e. The van der Waals surface area contributed by atoms with Gasteiger partial charge in [0.2, 0.25) is 10.0 Å². The van der Waals surface area contributed by atoms with Crippen LogP contribution in [0.15, 0.2) is 65.8 Å². The number of carbonyl (C=O) groups is 1. The molecule has 8 heteroatoms. The molecule has 1 amide bonds. The van der Waals surface area contributed by atoms with Crippen LogP contribution in [0.5, 0.6) is 0 Å². The number of para-hydroxylation sites is 1. The highest BCUT2D eigenvalue weighted by molar-refractivity contribution is 7.92. The number of carbonyl (C=O) groups excluding carboxylic acids is 1. The van der Waals surface area contributed by atoms with E-state index >= 15 is 0 Å². The second-order valence-corrected chi connectivity index (χ2v) is 10.2. The summed E-state index contributed by atoms with van der Waals surface area (Å²) in [6, 6.07) is 19.1. The SMILES string of the molecule is Cc1cc(/C=N\NC(=O)CN(c2ccc(C(C)C)cc2)S(C)(=O)=O)c(C)n1-c1ccccc1. The molecule has 174 valence electrons. The van der Waals surface area contributed by atoms with Gasteiger partial charge in [-0.15, -0.1) is 0 Å². The lowest BCUT2D eigenvalue weighted by molar-refractivity contribution is -0.119. The number of rotatable bonds is 8. The molecule has 1 heterocycles. The average Bonchev–Trinajstić information content (AvgIpc) is 3.05. The predicted octanol–water partition coefficient (Wildman–Crippen LogP) is 4.13. The van der Waals surface area contributed by atoms with E-state index in [9.17, 15) is 13.2 Å². The molecule has 0 spiro atoms. The highest BCUT2D eigenvalue weighted by atomic mass is 32.2. The van der Waals surface area contributed by atoms with Crippen molar-refractivity contribution in [2.45, 2.75) is 33.6 Å². The van der Waals surface area contributed by atoms with Gasteiger partial charge in [-0.1, -0.05) is 44.2 Å². The number of aromatic nitrogens is 1. The zero-order chi connectivity index (χ0) is 24.2. The van der Waals surface area contributed by atoms with E-state index < -0.39 is 15.9 Å². The molecule has 0 aliphatic carbocycles. The Morgan fingerprint density at radius 3 is 2.30 bits per heavy atom. The molecule has 7 nitrogen and oxygen atoms in total. The second-order valence-electron chi connectivity index (χ2n) is 8.31. The zero-order valence-electron chi connectivity index (χ0n) is 19.6. The van der Waals surface area contributed by atoms with E-state index in [1.165, 1.54) is 0 Å². The Kier molecular flexibility index (Phi) is 7.38. The Morgan fingerprint density at radius 1 is 1.09 bits per heavy atom. The maximum Gasteiger partial charge on any atom is 0.260 e. The summed E-state index contributed by atoms with van der Waals surface area (Å²) in [6.07, 6.45) is 2.65. The first-order chi connectivity index (χ1) is 15.6. The summed E-state index contributed by atoms with van der Waals surface area (Å²) in [4.78, 5) is 12.5. The molecule has 0 aliphatic heterocycles. The molecule has 2 aromatic carbocycles. The van der Waals surface area contributed by atoms with E-state index in [0.29, 0.717) is 11.6 Å². The molecule has 1 aromatic heterocycles. The molecule has 0 fully saturated rings. The van der Waals surface area contributed by atoms with Crippen LogP contribution in [-0.4, -0.2) is 37.9 Å². The molecule has 33 heavy (non-hydrogen) atoms. The van der Waals surface area contributed by atoms with Crippen LogP contribution in [0.1, 0.15) is 42.3 Å². The molecule has 0 atom stereocenters. The molecule has 0 saturated heterocycles. The summed E-state index contributed by atoms with van der Waals surface area (Å²) in [5.41, 5.74) is 7.91. The van der Waals surface area contributed by atoms with E-state index in [-0.39, 0.29) is 6.54 Å². The summed E-state index contributed by atoms with van der Waals surface area (Å²) < 4.78 is 27.8. The fourth-order valence-corrected chi connectivity index (χ4v) is 4.51. The van der Waals surface area contributed by atoms with Gasteiger partial charge in [-0.05, 0) is 55.7 Å². The Hall–Kier alpha value is -3.39. The van der Waals surface area contributed by atoms with Gasteiger partial charge >= 0.3 is 0 Å². The van der Waals surface area contributed by atoms with Crippen molar-refractivity contribution in [3.8, 4) is 5.69 Å². The summed E-state index contributed by atoms with van der Waals surface area (Å²) >= 11 is 0. The molecule has 0 unspecified atom stereocenters. The molecular formula is C25H30N4O3S. The van der Waals surface area contributed by atoms with Crippen LogP contribution in [0.2, 0.25) is 0 Å². The smallest absolute Gasteiger partial charge is 0.260 e. The number of aryl methyl sites for hydroxylation is 1. The van der Waals surface area contributed by atoms with Crippen molar-refractivity contribution in [2.24, 2.45) is 5.10 Å². The van der Waals surface area contributed by atoms with Crippen LogP contribution < -0.4 is 9.73 Å². The van der Waals surface area contributed by atoms with E-state index in [0.717, 1.165) is 38.8 Å². The summed E-state index contributed by atoms with van der Waals surface area (Å²) in [6.45, 7) is 7.75. The van der Waals surface area contributed by atoms with Crippen LogP contribution in [0.25, 0.3) is 5.69 Å². The highest BCUT2D eigenvalue weighted by Gasteiger charge is 2.21. The van der Waals surface area contributed by atoms with Crippen molar-refractivity contribution in [3.05, 3.63) is 83.2 Å². The van der Waals surface area contributed by atoms with E-state index in [1.807, 2.05) is 62.4 Å². The van der Waals surface area contributed by atoms with Crippen molar-refractivity contribution >= 4 is 27.8 Å². The van der Waals surface area contributed by atoms with Crippen molar-refractivity contribution < 1.29 is 13.2 Å². The normalized spacial score (nSPS) is 11.8. The molecule has 1 N–H and O–H groups in total. The van der Waals surface area contributed by atoms with Gasteiger partial charge in [-0.2, -0.15) is 5.10 Å². The van der Waals surface area contributed by atoms with Gasteiger partial charge in [0.25, 0.3) is 5.91 Å². The number of hydrogen-bond donors (Lipinski definition) is 1. The van der Waals surface area contributed by atoms with E-state index in [1.54, 1.807) is 18.3 Å². The summed E-state index contributed by atoms with van der Waals surface area (Å²) in [5, 5.41) is 4.06. The first-order valence-corrected chi connectivity index (χ1v) is 12.6. The van der Waals surface area contributed by atoms with Gasteiger partial charge in [0.1, 0.15) is 6.54 Å². The lowest BCUT2D eigenvalue weighted by Crippen LogP contribution is -2.39. The molecule has 0 bridgehead atoms. The topological polar surface area (TPSA) is 83.8 Å². The van der Waals surface area contributed by atoms with Crippen molar-refractivity contribution in [2.75, 3.05) is 17.1 Å². The van der Waals surface area contributed by atoms with Gasteiger partial charge in [0.05, 0.1) is 18.2 Å². The standard InChI is InChI=1S/C25H30N4O3S/c1-18(2)21-11-13-23(14-12-21)28(33(5,31)32)17-25(30)27-26-16-22-15-19(3)29(20(22)4)24-9-7-6-8-10-24/h6-16,18H,17H2,1-5H3,(H,27,30)/b26-16-. The molecule has 0 aliphatic rings. The minimum Gasteiger partial charge on any atom is -0.318 e. The van der Waals surface area contributed by atoms with Crippen LogP contribution in [0.4, 0.5) is 5.69 Å². The first-order valence-electron chi connectivity index (χ1n) is 10.7. The van der Waals surface area contributed by atoms with Gasteiger partial charge in [0, 0.05) is 22.6 Å². The maximum absolute atomic E-state index is 12.5. The molecule has 3 rings (SSSR count). The molecule has 0 radical (unpaired) electrons. The Balaban J connectivity index is 1.72. The second kappa shape index (κ2) is 10.0. The number of anilines is 1. The Bertz CT molecular complexity index is 1240. The third-order valence-corrected chi connectivity index (χ3v) is 6.55. The van der Waals surface area contributed by atoms with Crippen molar-refractivity contribution in [1.82, 2.24) is 9.99 Å². The zero-order valence-corrected chi connectivity index (χ0v) is 20.4. The number of sulfonamides is 1. The van der Waals surface area contributed by atoms with Gasteiger partial charge in [0.15, 0.2) is 0 Å². The number of nitrogens with one attached hydrogen (secondary N) is 1. The molecule has 3 aromatic rings. The number of hydrazone groups is 1. The highest BCUT2D eigenvalue weighted by Crippen LogP contribution is 2.22. The van der Waals surface area contributed by atoms with E-state index in [4.69, 9.17) is 0 Å². The van der Waals surface area contributed by atoms with Crippen LogP contribution in [0.3, 0.4) is 0 Å². The molecule has 0 saturated carbocycles. The van der Waals surface area contributed by atoms with E-state index in [2.05, 4.69) is 28.9 Å². The Labute approximate surface area is 195 Å². The summed E-state index contributed by atoms with van der Waals surface area (Å²) in [5.74, 6) is -0.200. The number of hydrogen-bond acceptors (Lipinski definition) is 4. The van der Waals surface area contributed by atoms with Crippen LogP contribution in [0, 0.1) is 13.8 Å². The molecular weight excluding hydrogens is 436 g/mol. The first kappa shape index (κ1) is 24.3. The van der Waals surface area contributed by atoms with Gasteiger partial charge < -0.3 is 4.57 Å². The van der Waals surface area contributed by atoms with Gasteiger partial charge in [-0.25, -0.2) is 13.8 Å². The van der Waals surface area contributed by atoms with Crippen LogP contribution >= 0.6 is 0 Å². The number of benzene rings is 2. The fourth-order valence-electron chi connectivity index (χ4n) is 3.66. The van der Waals surface area contributed by atoms with Crippen molar-refractivity contribution in [3.63, 3.8) is 0 Å². The lowest BCUT2D eigenvalue weighted by atomic mass is 10.0.